The van der Waals surface area contributed by atoms with Gasteiger partial charge in [0.1, 0.15) is 5.69 Å². The van der Waals surface area contributed by atoms with Crippen molar-refractivity contribution in [3.63, 3.8) is 0 Å². The van der Waals surface area contributed by atoms with Gasteiger partial charge in [0, 0.05) is 49.9 Å². The molecule has 1 fully saturated rings. The Morgan fingerprint density at radius 3 is 2.48 bits per heavy atom. The van der Waals surface area contributed by atoms with Gasteiger partial charge in [0.05, 0.1) is 11.3 Å². The van der Waals surface area contributed by atoms with Gasteiger partial charge in [-0.3, -0.25) is 19.7 Å². The zero-order valence-electron chi connectivity index (χ0n) is 15.9. The Balaban J connectivity index is 1.68. The summed E-state index contributed by atoms with van der Waals surface area (Å²) in [6, 6.07) is 11.6. The average Bonchev–Trinajstić information content (AvgIpc) is 2.72. The van der Waals surface area contributed by atoms with Crippen LogP contribution in [0.4, 0.5) is 11.4 Å². The van der Waals surface area contributed by atoms with Crippen molar-refractivity contribution in [1.82, 2.24) is 10.2 Å². The summed E-state index contributed by atoms with van der Waals surface area (Å²) in [5.74, 6) is -0.382. The Hall–Kier alpha value is -3.13. The molecule has 0 aromatic heterocycles. The largest absolute Gasteiger partial charge is 0.362 e. The Bertz CT molecular complexity index is 942. The van der Waals surface area contributed by atoms with Crippen LogP contribution in [-0.4, -0.2) is 54.9 Å². The number of nitro groups is 1. The second-order valence-electron chi connectivity index (χ2n) is 6.71. The summed E-state index contributed by atoms with van der Waals surface area (Å²) in [4.78, 5) is 39.0. The number of carbonyl (C=O) groups is 2. The molecule has 0 saturated carbocycles. The number of carbonyl (C=O) groups excluding carboxylic acids is 2. The van der Waals surface area contributed by atoms with Gasteiger partial charge in [-0.2, -0.15) is 0 Å². The minimum absolute atomic E-state index is 0.00335. The Labute approximate surface area is 173 Å². The van der Waals surface area contributed by atoms with E-state index in [1.54, 1.807) is 29.2 Å². The molecule has 29 heavy (non-hydrogen) atoms. The molecule has 8 nitrogen and oxygen atoms in total. The van der Waals surface area contributed by atoms with Crippen LogP contribution in [0.2, 0.25) is 5.02 Å². The van der Waals surface area contributed by atoms with E-state index in [1.165, 1.54) is 13.1 Å². The third kappa shape index (κ3) is 4.83. The molecule has 3 rings (SSSR count). The van der Waals surface area contributed by atoms with E-state index in [9.17, 15) is 19.7 Å². The van der Waals surface area contributed by atoms with Crippen LogP contribution in [0, 0.1) is 10.1 Å². The molecule has 0 radical (unpaired) electrons. The highest BCUT2D eigenvalue weighted by Crippen LogP contribution is 2.30. The molecule has 0 unspecified atom stereocenters. The van der Waals surface area contributed by atoms with Crippen LogP contribution in [0.25, 0.3) is 0 Å². The van der Waals surface area contributed by atoms with E-state index in [0.29, 0.717) is 36.9 Å². The maximum absolute atomic E-state index is 12.6. The Morgan fingerprint density at radius 1 is 1.14 bits per heavy atom. The number of piperazine rings is 1. The fraction of sp³-hybridized carbons (Fsp3) is 0.300. The quantitative estimate of drug-likeness (QED) is 0.596. The van der Waals surface area contributed by atoms with Gasteiger partial charge in [0.15, 0.2) is 0 Å². The van der Waals surface area contributed by atoms with Crippen molar-refractivity contribution < 1.29 is 14.5 Å². The first kappa shape index (κ1) is 20.6. The molecule has 1 heterocycles. The van der Waals surface area contributed by atoms with Crippen molar-refractivity contribution >= 4 is 34.8 Å². The zero-order valence-corrected chi connectivity index (χ0v) is 16.7. The number of benzene rings is 2. The van der Waals surface area contributed by atoms with E-state index in [4.69, 9.17) is 11.6 Å². The lowest BCUT2D eigenvalue weighted by molar-refractivity contribution is -0.384. The van der Waals surface area contributed by atoms with Crippen molar-refractivity contribution in [1.29, 1.82) is 0 Å². The zero-order chi connectivity index (χ0) is 21.0. The minimum atomic E-state index is -0.488. The van der Waals surface area contributed by atoms with Crippen LogP contribution in [-0.2, 0) is 11.2 Å². The Morgan fingerprint density at radius 2 is 1.86 bits per heavy atom. The topological polar surface area (TPSA) is 95.8 Å². The van der Waals surface area contributed by atoms with Crippen molar-refractivity contribution in [3.8, 4) is 0 Å². The number of anilines is 1. The monoisotopic (exact) mass is 416 g/mol. The molecule has 1 aliphatic rings. The van der Waals surface area contributed by atoms with Gasteiger partial charge in [0.25, 0.3) is 11.6 Å². The van der Waals surface area contributed by atoms with Gasteiger partial charge < -0.3 is 15.1 Å². The first-order valence-electron chi connectivity index (χ1n) is 9.16. The van der Waals surface area contributed by atoms with Crippen LogP contribution >= 0.6 is 11.6 Å². The molecule has 1 aliphatic heterocycles. The standard InChI is InChI=1S/C20H21ClN4O4/c1-22-20(27)15-5-6-17(18(13-15)25(28)29)23-7-9-24(10-8-23)19(26)12-14-3-2-4-16(21)11-14/h2-6,11,13H,7-10,12H2,1H3,(H,22,27). The SMILES string of the molecule is CNC(=O)c1ccc(N2CCN(C(=O)Cc3cccc(Cl)c3)CC2)c([N+](=O)[O-])c1. The van der Waals surface area contributed by atoms with Gasteiger partial charge in [-0.05, 0) is 29.8 Å². The first-order valence-corrected chi connectivity index (χ1v) is 9.54. The van der Waals surface area contributed by atoms with Crippen molar-refractivity contribution in [2.45, 2.75) is 6.42 Å². The van der Waals surface area contributed by atoms with Gasteiger partial charge in [-0.1, -0.05) is 23.7 Å². The molecule has 2 aromatic rings. The summed E-state index contributed by atoms with van der Waals surface area (Å²) in [5.41, 5.74) is 1.41. The van der Waals surface area contributed by atoms with E-state index in [1.807, 2.05) is 17.0 Å². The molecule has 9 heteroatoms. The van der Waals surface area contributed by atoms with E-state index < -0.39 is 4.92 Å². The fourth-order valence-electron chi connectivity index (χ4n) is 3.35. The van der Waals surface area contributed by atoms with E-state index in [0.717, 1.165) is 5.56 Å². The predicted octanol–water partition coefficient (Wildman–Crippen LogP) is 2.50. The number of amides is 2. The highest BCUT2D eigenvalue weighted by Gasteiger charge is 2.26. The Kier molecular flexibility index (Phi) is 6.33. The van der Waals surface area contributed by atoms with E-state index >= 15 is 0 Å². The number of rotatable bonds is 5. The van der Waals surface area contributed by atoms with Crippen molar-refractivity contribution in [2.75, 3.05) is 38.1 Å². The number of halogens is 1. The normalized spacial score (nSPS) is 13.9. The molecular weight excluding hydrogens is 396 g/mol. The van der Waals surface area contributed by atoms with Crippen LogP contribution < -0.4 is 10.2 Å². The number of nitro benzene ring substituents is 1. The summed E-state index contributed by atoms with van der Waals surface area (Å²) in [6.45, 7) is 1.88. The molecule has 0 bridgehead atoms. The maximum atomic E-state index is 12.6. The lowest BCUT2D eigenvalue weighted by Gasteiger charge is -2.36. The smallest absolute Gasteiger partial charge is 0.293 e. The summed E-state index contributed by atoms with van der Waals surface area (Å²) < 4.78 is 0. The minimum Gasteiger partial charge on any atom is -0.362 e. The third-order valence-corrected chi connectivity index (χ3v) is 5.11. The van der Waals surface area contributed by atoms with Crippen molar-refractivity contribution in [2.24, 2.45) is 0 Å². The highest BCUT2D eigenvalue weighted by molar-refractivity contribution is 6.30. The molecule has 0 spiro atoms. The summed E-state index contributed by atoms with van der Waals surface area (Å²) in [5, 5.41) is 14.6. The fourth-order valence-corrected chi connectivity index (χ4v) is 3.57. The maximum Gasteiger partial charge on any atom is 0.293 e. The highest BCUT2D eigenvalue weighted by atomic mass is 35.5. The number of nitrogens with one attached hydrogen (secondary N) is 1. The number of hydrogen-bond acceptors (Lipinski definition) is 5. The van der Waals surface area contributed by atoms with Crippen LogP contribution in [0.5, 0.6) is 0 Å². The van der Waals surface area contributed by atoms with E-state index in [-0.39, 0.29) is 29.5 Å². The molecular formula is C20H21ClN4O4. The second-order valence-corrected chi connectivity index (χ2v) is 7.15. The lowest BCUT2D eigenvalue weighted by atomic mass is 10.1. The molecule has 2 amide bonds. The van der Waals surface area contributed by atoms with Crippen LogP contribution in [0.1, 0.15) is 15.9 Å². The van der Waals surface area contributed by atoms with Gasteiger partial charge >= 0.3 is 0 Å². The van der Waals surface area contributed by atoms with Crippen LogP contribution in [0.15, 0.2) is 42.5 Å². The molecule has 0 atom stereocenters. The molecule has 152 valence electrons. The first-order chi connectivity index (χ1) is 13.9. The third-order valence-electron chi connectivity index (χ3n) is 4.88. The van der Waals surface area contributed by atoms with Gasteiger partial charge in [-0.25, -0.2) is 0 Å². The molecule has 1 N–H and O–H groups in total. The summed E-state index contributed by atoms with van der Waals surface area (Å²) in [7, 11) is 1.47. The van der Waals surface area contributed by atoms with Gasteiger partial charge in [-0.15, -0.1) is 0 Å². The molecule has 2 aromatic carbocycles. The number of hydrogen-bond donors (Lipinski definition) is 1. The van der Waals surface area contributed by atoms with Gasteiger partial charge in [0.2, 0.25) is 5.91 Å². The molecule has 0 aliphatic carbocycles. The summed E-state index contributed by atoms with van der Waals surface area (Å²) >= 11 is 5.97. The summed E-state index contributed by atoms with van der Waals surface area (Å²) in [6.07, 6.45) is 0.265. The second kappa shape index (κ2) is 8.91. The van der Waals surface area contributed by atoms with E-state index in [2.05, 4.69) is 5.32 Å². The van der Waals surface area contributed by atoms with Crippen molar-refractivity contribution in [3.05, 3.63) is 68.7 Å². The lowest BCUT2D eigenvalue weighted by Crippen LogP contribution is -2.49. The average molecular weight is 417 g/mol. The predicted molar refractivity (Wildman–Crippen MR) is 110 cm³/mol. The van der Waals surface area contributed by atoms with Crippen LogP contribution in [0.3, 0.4) is 0 Å². The molecule has 1 saturated heterocycles. The number of nitrogens with zero attached hydrogens (tertiary/aromatic N) is 3.